The first-order valence-corrected chi connectivity index (χ1v) is 9.51. The third-order valence-corrected chi connectivity index (χ3v) is 5.84. The van der Waals surface area contributed by atoms with E-state index in [9.17, 15) is 14.4 Å². The van der Waals surface area contributed by atoms with Gasteiger partial charge in [0.25, 0.3) is 5.91 Å². The molecule has 1 aliphatic carbocycles. The van der Waals surface area contributed by atoms with Crippen LogP contribution in [-0.2, 0) is 0 Å². The third kappa shape index (κ3) is 2.99. The Morgan fingerprint density at radius 1 is 0.793 bits per heavy atom. The highest BCUT2D eigenvalue weighted by Gasteiger charge is 2.36. The lowest BCUT2D eigenvalue weighted by molar-refractivity contribution is 0.0979. The standard InChI is InChI=1S/C21H11Cl3N2O3/c22-12-8-4-3-7-11(12)21(29)26-18-14-13(17(25)15(23)16(18)24)19(27)9-5-1-2-6-10(9)20(14)28/h1-8H,25H2,(H,26,29). The van der Waals surface area contributed by atoms with Crippen LogP contribution in [0.4, 0.5) is 11.4 Å². The van der Waals surface area contributed by atoms with Gasteiger partial charge in [-0.1, -0.05) is 71.2 Å². The highest BCUT2D eigenvalue weighted by atomic mass is 35.5. The molecule has 3 N–H and O–H groups in total. The van der Waals surface area contributed by atoms with E-state index >= 15 is 0 Å². The Morgan fingerprint density at radius 2 is 1.34 bits per heavy atom. The summed E-state index contributed by atoms with van der Waals surface area (Å²) in [4.78, 5) is 39.0. The Bertz CT molecular complexity index is 1240. The predicted molar refractivity (Wildman–Crippen MR) is 114 cm³/mol. The van der Waals surface area contributed by atoms with Gasteiger partial charge in [0.1, 0.15) is 0 Å². The van der Waals surface area contributed by atoms with Crippen LogP contribution in [0.3, 0.4) is 0 Å². The number of amides is 1. The average Bonchev–Trinajstić information content (AvgIpc) is 2.72. The SMILES string of the molecule is Nc1c(Cl)c(Cl)c(NC(=O)c2ccccc2Cl)c2c1C(=O)c1ccccc1C2=O. The smallest absolute Gasteiger partial charge is 0.257 e. The maximum atomic E-state index is 13.2. The van der Waals surface area contributed by atoms with E-state index in [4.69, 9.17) is 40.5 Å². The first kappa shape index (κ1) is 19.5. The highest BCUT2D eigenvalue weighted by molar-refractivity contribution is 6.48. The number of ketones is 2. The van der Waals surface area contributed by atoms with Gasteiger partial charge in [0.05, 0.1) is 43.1 Å². The Labute approximate surface area is 180 Å². The van der Waals surface area contributed by atoms with Crippen LogP contribution in [0.25, 0.3) is 0 Å². The van der Waals surface area contributed by atoms with E-state index in [-0.39, 0.29) is 54.3 Å². The van der Waals surface area contributed by atoms with Gasteiger partial charge < -0.3 is 11.1 Å². The maximum Gasteiger partial charge on any atom is 0.257 e. The first-order chi connectivity index (χ1) is 13.8. The number of nitrogens with one attached hydrogen (secondary N) is 1. The number of halogens is 3. The Morgan fingerprint density at radius 3 is 1.97 bits per heavy atom. The number of rotatable bonds is 2. The van der Waals surface area contributed by atoms with Crippen molar-refractivity contribution in [1.82, 2.24) is 0 Å². The lowest BCUT2D eigenvalue weighted by Gasteiger charge is -2.24. The molecule has 0 spiro atoms. The minimum Gasteiger partial charge on any atom is -0.397 e. The van der Waals surface area contributed by atoms with Gasteiger partial charge in [-0.15, -0.1) is 0 Å². The number of carbonyl (C=O) groups excluding carboxylic acids is 3. The fourth-order valence-corrected chi connectivity index (χ4v) is 3.92. The lowest BCUT2D eigenvalue weighted by atomic mass is 9.82. The summed E-state index contributed by atoms with van der Waals surface area (Å²) in [6.45, 7) is 0. The monoisotopic (exact) mass is 444 g/mol. The van der Waals surface area contributed by atoms with Gasteiger partial charge in [-0.25, -0.2) is 0 Å². The number of hydrogen-bond donors (Lipinski definition) is 2. The number of nitrogens with two attached hydrogens (primary N) is 1. The molecule has 0 saturated heterocycles. The van der Waals surface area contributed by atoms with E-state index in [2.05, 4.69) is 5.32 Å². The van der Waals surface area contributed by atoms with E-state index in [0.717, 1.165) is 0 Å². The summed E-state index contributed by atoms with van der Waals surface area (Å²) in [6.07, 6.45) is 0. The molecule has 0 radical (unpaired) electrons. The molecule has 3 aromatic carbocycles. The van der Waals surface area contributed by atoms with E-state index in [1.807, 2.05) is 0 Å². The number of hydrogen-bond acceptors (Lipinski definition) is 4. The van der Waals surface area contributed by atoms with E-state index in [1.165, 1.54) is 18.2 Å². The van der Waals surface area contributed by atoms with Gasteiger partial charge >= 0.3 is 0 Å². The molecule has 0 fully saturated rings. The molecule has 0 saturated carbocycles. The summed E-state index contributed by atoms with van der Waals surface area (Å²) in [5.41, 5.74) is 6.21. The molecule has 0 atom stereocenters. The second kappa shape index (κ2) is 7.19. The van der Waals surface area contributed by atoms with Crippen LogP contribution in [0, 0.1) is 0 Å². The topological polar surface area (TPSA) is 89.3 Å². The summed E-state index contributed by atoms with van der Waals surface area (Å²) in [5.74, 6) is -1.57. The van der Waals surface area contributed by atoms with Crippen molar-refractivity contribution in [2.24, 2.45) is 0 Å². The Balaban J connectivity index is 1.94. The number of anilines is 2. The second-order valence-electron chi connectivity index (χ2n) is 6.30. The summed E-state index contributed by atoms with van der Waals surface area (Å²) >= 11 is 18.6. The third-order valence-electron chi connectivity index (χ3n) is 4.65. The zero-order valence-electron chi connectivity index (χ0n) is 14.6. The van der Waals surface area contributed by atoms with Gasteiger partial charge in [-0.2, -0.15) is 0 Å². The molecular weight excluding hydrogens is 435 g/mol. The number of benzene rings is 3. The van der Waals surface area contributed by atoms with Gasteiger partial charge in [-0.05, 0) is 12.1 Å². The van der Waals surface area contributed by atoms with E-state index in [1.54, 1.807) is 30.3 Å². The van der Waals surface area contributed by atoms with Crippen LogP contribution >= 0.6 is 34.8 Å². The van der Waals surface area contributed by atoms with Crippen molar-refractivity contribution in [2.75, 3.05) is 11.1 Å². The molecule has 0 aliphatic heterocycles. The number of nitrogen functional groups attached to an aromatic ring is 1. The molecule has 0 aromatic heterocycles. The van der Waals surface area contributed by atoms with Crippen molar-refractivity contribution < 1.29 is 14.4 Å². The van der Waals surface area contributed by atoms with Gasteiger partial charge in [-0.3, -0.25) is 14.4 Å². The molecule has 144 valence electrons. The van der Waals surface area contributed by atoms with Gasteiger partial charge in [0.2, 0.25) is 0 Å². The molecule has 0 heterocycles. The zero-order chi connectivity index (χ0) is 20.9. The molecule has 29 heavy (non-hydrogen) atoms. The van der Waals surface area contributed by atoms with Crippen LogP contribution in [0.5, 0.6) is 0 Å². The maximum absolute atomic E-state index is 13.2. The fourth-order valence-electron chi connectivity index (χ4n) is 3.26. The van der Waals surface area contributed by atoms with Crippen LogP contribution in [-0.4, -0.2) is 17.5 Å². The Hall–Kier alpha value is -2.86. The molecule has 0 bridgehead atoms. The van der Waals surface area contributed by atoms with E-state index < -0.39 is 17.5 Å². The molecule has 1 amide bonds. The summed E-state index contributed by atoms with van der Waals surface area (Å²) in [6, 6.07) is 12.7. The summed E-state index contributed by atoms with van der Waals surface area (Å²) < 4.78 is 0. The van der Waals surface area contributed by atoms with Gasteiger partial charge in [0.15, 0.2) is 11.6 Å². The minimum atomic E-state index is -0.611. The normalized spacial score (nSPS) is 12.4. The second-order valence-corrected chi connectivity index (χ2v) is 7.47. The fraction of sp³-hybridized carbons (Fsp3) is 0. The molecular formula is C21H11Cl3N2O3. The first-order valence-electron chi connectivity index (χ1n) is 8.37. The number of carbonyl (C=O) groups is 3. The zero-order valence-corrected chi connectivity index (χ0v) is 16.8. The molecule has 4 rings (SSSR count). The van der Waals surface area contributed by atoms with Crippen molar-refractivity contribution in [3.8, 4) is 0 Å². The molecule has 3 aromatic rings. The molecule has 0 unspecified atom stereocenters. The van der Waals surface area contributed by atoms with Crippen LogP contribution in [0.1, 0.15) is 42.2 Å². The van der Waals surface area contributed by atoms with Crippen molar-refractivity contribution in [3.05, 3.63) is 91.4 Å². The Kier molecular flexibility index (Phi) is 4.82. The molecule has 5 nitrogen and oxygen atoms in total. The predicted octanol–water partition coefficient (Wildman–Crippen LogP) is 5.26. The van der Waals surface area contributed by atoms with Crippen molar-refractivity contribution >= 4 is 63.7 Å². The highest BCUT2D eigenvalue weighted by Crippen LogP contribution is 2.45. The lowest BCUT2D eigenvalue weighted by Crippen LogP contribution is -2.26. The average molecular weight is 446 g/mol. The van der Waals surface area contributed by atoms with E-state index in [0.29, 0.717) is 0 Å². The van der Waals surface area contributed by atoms with Crippen molar-refractivity contribution in [3.63, 3.8) is 0 Å². The van der Waals surface area contributed by atoms with Crippen LogP contribution in [0.15, 0.2) is 48.5 Å². The molecule has 1 aliphatic rings. The van der Waals surface area contributed by atoms with Crippen molar-refractivity contribution in [1.29, 1.82) is 0 Å². The number of fused-ring (bicyclic) bond motifs is 2. The van der Waals surface area contributed by atoms with Crippen LogP contribution in [0.2, 0.25) is 15.1 Å². The minimum absolute atomic E-state index is 0.0846. The van der Waals surface area contributed by atoms with Gasteiger partial charge in [0, 0.05) is 11.1 Å². The van der Waals surface area contributed by atoms with Crippen molar-refractivity contribution in [2.45, 2.75) is 0 Å². The largest absolute Gasteiger partial charge is 0.397 e. The summed E-state index contributed by atoms with van der Waals surface area (Å²) in [7, 11) is 0. The molecule has 8 heteroatoms. The van der Waals surface area contributed by atoms with Crippen LogP contribution < -0.4 is 11.1 Å². The quantitative estimate of drug-likeness (QED) is 0.412. The summed E-state index contributed by atoms with van der Waals surface area (Å²) in [5, 5.41) is 2.53.